The zero-order valence-electron chi connectivity index (χ0n) is 21.5. The molecule has 0 bridgehead atoms. The molecule has 0 saturated carbocycles. The van der Waals surface area contributed by atoms with Gasteiger partial charge in [-0.15, -0.1) is 0 Å². The lowest BCUT2D eigenvalue weighted by Crippen LogP contribution is -2.40. The molecule has 0 radical (unpaired) electrons. The minimum atomic E-state index is -0.757. The van der Waals surface area contributed by atoms with Crippen molar-refractivity contribution in [2.75, 3.05) is 0 Å². The van der Waals surface area contributed by atoms with Gasteiger partial charge in [0, 0.05) is 11.5 Å². The van der Waals surface area contributed by atoms with E-state index in [9.17, 15) is 14.7 Å². The average Bonchev–Trinajstić information content (AvgIpc) is 3.31. The van der Waals surface area contributed by atoms with Crippen LogP contribution in [0, 0.1) is 5.92 Å². The molecule has 5 rings (SSSR count). The van der Waals surface area contributed by atoms with Crippen LogP contribution in [-0.4, -0.2) is 29.1 Å². The zero-order chi connectivity index (χ0) is 25.8. The van der Waals surface area contributed by atoms with Crippen molar-refractivity contribution in [1.29, 1.82) is 0 Å². The Labute approximate surface area is 219 Å². The standard InChI is InChI=1S/C32H38N2O3/c33-31(36)30-24(15-14-23-11-5-7-13-28(23)30)19-26(35)20-25(18-21-8-2-1-3-9-21)32(37)34-29-17-16-22-10-4-6-12-27(22)29/h1-3,6,8-9,12,14-15,25-26,29,35H,4-5,7,10-11,13,16-20H2,(H2,33,36)(H,34,37)/t25?,26?,29-/m1/s1. The van der Waals surface area contributed by atoms with E-state index in [1.165, 1.54) is 16.7 Å². The molecule has 0 saturated heterocycles. The van der Waals surface area contributed by atoms with Crippen molar-refractivity contribution in [3.63, 3.8) is 0 Å². The summed E-state index contributed by atoms with van der Waals surface area (Å²) in [7, 11) is 0. The van der Waals surface area contributed by atoms with Crippen molar-refractivity contribution in [1.82, 2.24) is 5.32 Å². The van der Waals surface area contributed by atoms with Crippen LogP contribution in [0.1, 0.15) is 77.6 Å². The number of aliphatic hydroxyl groups is 1. The Hall–Kier alpha value is -3.18. The first-order valence-electron chi connectivity index (χ1n) is 13.8. The van der Waals surface area contributed by atoms with Crippen molar-refractivity contribution >= 4 is 11.8 Å². The van der Waals surface area contributed by atoms with Gasteiger partial charge in [0.15, 0.2) is 0 Å². The number of rotatable bonds is 9. The molecule has 2 amide bonds. The predicted molar refractivity (Wildman–Crippen MR) is 146 cm³/mol. The van der Waals surface area contributed by atoms with Gasteiger partial charge in [0.25, 0.3) is 0 Å². The van der Waals surface area contributed by atoms with Crippen molar-refractivity contribution in [3.8, 4) is 0 Å². The number of aryl methyl sites for hydroxylation is 1. The van der Waals surface area contributed by atoms with Crippen LogP contribution in [0.25, 0.3) is 0 Å². The van der Waals surface area contributed by atoms with E-state index in [1.54, 1.807) is 0 Å². The maximum Gasteiger partial charge on any atom is 0.249 e. The molecular weight excluding hydrogens is 460 g/mol. The van der Waals surface area contributed by atoms with Crippen molar-refractivity contribution < 1.29 is 14.7 Å². The monoisotopic (exact) mass is 498 g/mol. The molecule has 0 heterocycles. The van der Waals surface area contributed by atoms with Gasteiger partial charge in [0.2, 0.25) is 11.8 Å². The highest BCUT2D eigenvalue weighted by Crippen LogP contribution is 2.34. The van der Waals surface area contributed by atoms with Gasteiger partial charge in [-0.1, -0.05) is 60.2 Å². The summed E-state index contributed by atoms with van der Waals surface area (Å²) in [5.74, 6) is -0.809. The Morgan fingerprint density at radius 3 is 2.62 bits per heavy atom. The van der Waals surface area contributed by atoms with Crippen LogP contribution in [0.4, 0.5) is 0 Å². The van der Waals surface area contributed by atoms with E-state index >= 15 is 0 Å². The Morgan fingerprint density at radius 2 is 1.81 bits per heavy atom. The molecule has 194 valence electrons. The third kappa shape index (κ3) is 5.88. The third-order valence-electron chi connectivity index (χ3n) is 8.32. The van der Waals surface area contributed by atoms with Gasteiger partial charge in [-0.2, -0.15) is 0 Å². The maximum absolute atomic E-state index is 13.6. The number of fused-ring (bicyclic) bond motifs is 1. The molecule has 4 N–H and O–H groups in total. The highest BCUT2D eigenvalue weighted by Gasteiger charge is 2.30. The fraction of sp³-hybridized carbons (Fsp3) is 0.438. The third-order valence-corrected chi connectivity index (χ3v) is 8.32. The first-order chi connectivity index (χ1) is 18.0. The van der Waals surface area contributed by atoms with E-state index < -0.39 is 12.0 Å². The molecule has 0 aromatic heterocycles. The number of allylic oxidation sites excluding steroid dienone is 2. The lowest BCUT2D eigenvalue weighted by molar-refractivity contribution is -0.126. The van der Waals surface area contributed by atoms with E-state index in [4.69, 9.17) is 5.73 Å². The summed E-state index contributed by atoms with van der Waals surface area (Å²) in [6, 6.07) is 14.1. The largest absolute Gasteiger partial charge is 0.393 e. The summed E-state index contributed by atoms with van der Waals surface area (Å²) < 4.78 is 0. The first-order valence-corrected chi connectivity index (χ1v) is 13.8. The van der Waals surface area contributed by atoms with Gasteiger partial charge >= 0.3 is 0 Å². The molecule has 0 spiro atoms. The zero-order valence-corrected chi connectivity index (χ0v) is 21.5. The quantitative estimate of drug-likeness (QED) is 0.466. The molecule has 2 aromatic carbocycles. The van der Waals surface area contributed by atoms with E-state index in [1.807, 2.05) is 36.4 Å². The number of primary amides is 1. The summed E-state index contributed by atoms with van der Waals surface area (Å²) in [5, 5.41) is 14.5. The van der Waals surface area contributed by atoms with Gasteiger partial charge in [-0.25, -0.2) is 0 Å². The van der Waals surface area contributed by atoms with Gasteiger partial charge in [-0.05, 0) is 98.5 Å². The minimum Gasteiger partial charge on any atom is -0.393 e. The van der Waals surface area contributed by atoms with Crippen LogP contribution in [0.15, 0.2) is 65.8 Å². The van der Waals surface area contributed by atoms with Crippen molar-refractivity contribution in [2.45, 2.75) is 82.8 Å². The number of carbonyl (C=O) groups excluding carboxylic acids is 2. The van der Waals surface area contributed by atoms with E-state index in [0.29, 0.717) is 24.8 Å². The molecule has 37 heavy (non-hydrogen) atoms. The second-order valence-electron chi connectivity index (χ2n) is 10.9. The summed E-state index contributed by atoms with van der Waals surface area (Å²) in [6.07, 6.45) is 13.0. The van der Waals surface area contributed by atoms with Crippen LogP contribution < -0.4 is 11.1 Å². The number of aliphatic hydroxyl groups excluding tert-OH is 1. The summed E-state index contributed by atoms with van der Waals surface area (Å²) in [6.45, 7) is 0. The van der Waals surface area contributed by atoms with Gasteiger partial charge in [0.05, 0.1) is 12.1 Å². The number of benzene rings is 2. The molecular formula is C32H38N2O3. The van der Waals surface area contributed by atoms with Crippen LogP contribution in [0.5, 0.6) is 0 Å². The van der Waals surface area contributed by atoms with Gasteiger partial charge in [0.1, 0.15) is 0 Å². The molecule has 0 fully saturated rings. The Bertz CT molecular complexity index is 1210. The number of carbonyl (C=O) groups is 2. The highest BCUT2D eigenvalue weighted by atomic mass is 16.3. The van der Waals surface area contributed by atoms with Gasteiger partial charge < -0.3 is 16.2 Å². The molecule has 3 atom stereocenters. The van der Waals surface area contributed by atoms with Crippen LogP contribution in [0.3, 0.4) is 0 Å². The lowest BCUT2D eigenvalue weighted by Gasteiger charge is -2.25. The van der Waals surface area contributed by atoms with E-state index in [-0.39, 0.29) is 17.9 Å². The molecule has 2 unspecified atom stereocenters. The SMILES string of the molecule is NC(=O)c1c(CC(O)CC(Cc2ccccc2)C(=O)N[C@@H]2CCC3=C2C=CCC3)ccc2c1CCCC2. The van der Waals surface area contributed by atoms with E-state index in [2.05, 4.69) is 23.5 Å². The second kappa shape index (κ2) is 11.5. The predicted octanol–water partition coefficient (Wildman–Crippen LogP) is 4.74. The molecule has 0 aliphatic heterocycles. The number of amides is 2. The van der Waals surface area contributed by atoms with E-state index in [0.717, 1.165) is 68.1 Å². The minimum absolute atomic E-state index is 0.0128. The molecule has 5 nitrogen and oxygen atoms in total. The van der Waals surface area contributed by atoms with Crippen molar-refractivity contribution in [3.05, 3.63) is 93.6 Å². The second-order valence-corrected chi connectivity index (χ2v) is 10.9. The van der Waals surface area contributed by atoms with Crippen LogP contribution >= 0.6 is 0 Å². The number of nitrogens with two attached hydrogens (primary N) is 1. The fourth-order valence-electron chi connectivity index (χ4n) is 6.48. The lowest BCUT2D eigenvalue weighted by atomic mass is 9.83. The van der Waals surface area contributed by atoms with Crippen molar-refractivity contribution in [2.24, 2.45) is 11.7 Å². The number of hydrogen-bond donors (Lipinski definition) is 3. The maximum atomic E-state index is 13.6. The average molecular weight is 499 g/mol. The molecule has 2 aromatic rings. The number of nitrogens with one attached hydrogen (secondary N) is 1. The first kappa shape index (κ1) is 25.5. The smallest absolute Gasteiger partial charge is 0.249 e. The van der Waals surface area contributed by atoms with Crippen LogP contribution in [-0.2, 0) is 30.5 Å². The Morgan fingerprint density at radius 1 is 1.00 bits per heavy atom. The number of hydrogen-bond acceptors (Lipinski definition) is 3. The normalized spacial score (nSPS) is 20.2. The summed E-state index contributed by atoms with van der Waals surface area (Å²) in [4.78, 5) is 26.0. The Balaban J connectivity index is 1.33. The topological polar surface area (TPSA) is 92.4 Å². The highest BCUT2D eigenvalue weighted by molar-refractivity contribution is 5.96. The van der Waals surface area contributed by atoms with Crippen LogP contribution in [0.2, 0.25) is 0 Å². The molecule has 3 aliphatic rings. The Kier molecular flexibility index (Phi) is 7.90. The summed E-state index contributed by atoms with van der Waals surface area (Å²) in [5.41, 5.74) is 13.3. The fourth-order valence-corrected chi connectivity index (χ4v) is 6.48. The summed E-state index contributed by atoms with van der Waals surface area (Å²) >= 11 is 0. The molecule has 3 aliphatic carbocycles. The van der Waals surface area contributed by atoms with Gasteiger partial charge in [-0.3, -0.25) is 9.59 Å². The molecule has 5 heteroatoms.